The zero-order chi connectivity index (χ0) is 10.7. The molecule has 2 aromatic rings. The van der Waals surface area contributed by atoms with Gasteiger partial charge < -0.3 is 10.5 Å². The Morgan fingerprint density at radius 2 is 2.07 bits per heavy atom. The summed E-state index contributed by atoms with van der Waals surface area (Å²) in [6.07, 6.45) is 2.89. The molecule has 0 fully saturated rings. The zero-order valence-electron chi connectivity index (χ0n) is 7.72. The van der Waals surface area contributed by atoms with Crippen molar-refractivity contribution < 1.29 is 4.74 Å². The van der Waals surface area contributed by atoms with E-state index in [1.807, 2.05) is 24.3 Å². The molecule has 0 saturated carbocycles. The molecular formula is C10H8BrN3O. The fourth-order valence-corrected chi connectivity index (χ4v) is 1.41. The number of benzene rings is 1. The van der Waals surface area contributed by atoms with Crippen LogP contribution in [0.3, 0.4) is 0 Å². The predicted octanol–water partition coefficient (Wildman–Crippen LogP) is 2.61. The van der Waals surface area contributed by atoms with E-state index in [1.165, 1.54) is 12.5 Å². The van der Waals surface area contributed by atoms with E-state index in [0.717, 1.165) is 4.47 Å². The maximum atomic E-state index is 5.65. The van der Waals surface area contributed by atoms with Crippen LogP contribution in [0.25, 0.3) is 0 Å². The molecule has 0 saturated heterocycles. The number of hydrogen-bond acceptors (Lipinski definition) is 4. The number of hydrogen-bond donors (Lipinski definition) is 1. The number of nitrogen functional groups attached to an aromatic ring is 1. The SMILES string of the molecule is Nc1cncnc1Oc1ccccc1Br. The first kappa shape index (κ1) is 9.92. The molecule has 2 rings (SSSR count). The molecule has 4 nitrogen and oxygen atoms in total. The van der Waals surface area contributed by atoms with Crippen molar-refractivity contribution in [3.63, 3.8) is 0 Å². The Balaban J connectivity index is 2.30. The van der Waals surface area contributed by atoms with Crippen LogP contribution in [0.5, 0.6) is 11.6 Å². The van der Waals surface area contributed by atoms with Gasteiger partial charge >= 0.3 is 0 Å². The molecule has 0 amide bonds. The van der Waals surface area contributed by atoms with E-state index < -0.39 is 0 Å². The number of para-hydroxylation sites is 1. The van der Waals surface area contributed by atoms with Crippen LogP contribution in [0.1, 0.15) is 0 Å². The largest absolute Gasteiger partial charge is 0.436 e. The minimum atomic E-state index is 0.358. The van der Waals surface area contributed by atoms with Gasteiger partial charge in [-0.3, -0.25) is 0 Å². The number of ether oxygens (including phenoxy) is 1. The summed E-state index contributed by atoms with van der Waals surface area (Å²) in [6.45, 7) is 0. The number of nitrogens with two attached hydrogens (primary N) is 1. The summed E-state index contributed by atoms with van der Waals surface area (Å²) in [5.41, 5.74) is 6.06. The molecule has 1 heterocycles. The second-order valence-corrected chi connectivity index (χ2v) is 3.67. The molecule has 0 aliphatic rings. The molecule has 1 aromatic carbocycles. The van der Waals surface area contributed by atoms with Gasteiger partial charge in [0.05, 0.1) is 10.7 Å². The third kappa shape index (κ3) is 2.24. The molecule has 0 atom stereocenters. The Labute approximate surface area is 95.2 Å². The van der Waals surface area contributed by atoms with Crippen LogP contribution in [-0.2, 0) is 0 Å². The number of aromatic nitrogens is 2. The molecule has 1 aromatic heterocycles. The minimum absolute atomic E-state index is 0.358. The Kier molecular flexibility index (Phi) is 2.82. The van der Waals surface area contributed by atoms with E-state index >= 15 is 0 Å². The number of rotatable bonds is 2. The zero-order valence-corrected chi connectivity index (χ0v) is 9.31. The van der Waals surface area contributed by atoms with Crippen LogP contribution in [0, 0.1) is 0 Å². The molecule has 0 bridgehead atoms. The second-order valence-electron chi connectivity index (χ2n) is 2.82. The second kappa shape index (κ2) is 4.27. The summed E-state index contributed by atoms with van der Waals surface area (Å²) in [5.74, 6) is 1.03. The van der Waals surface area contributed by atoms with Crippen LogP contribution in [0.2, 0.25) is 0 Å². The average Bonchev–Trinajstić information content (AvgIpc) is 2.24. The van der Waals surface area contributed by atoms with Gasteiger partial charge in [0.25, 0.3) is 0 Å². The van der Waals surface area contributed by atoms with Gasteiger partial charge in [-0.25, -0.2) is 4.98 Å². The number of nitrogens with zero attached hydrogens (tertiary/aromatic N) is 2. The fraction of sp³-hybridized carbons (Fsp3) is 0. The van der Waals surface area contributed by atoms with Gasteiger partial charge in [-0.1, -0.05) is 12.1 Å². The third-order valence-corrected chi connectivity index (χ3v) is 2.40. The Hall–Kier alpha value is -1.62. The highest BCUT2D eigenvalue weighted by atomic mass is 79.9. The maximum absolute atomic E-state index is 5.65. The lowest BCUT2D eigenvalue weighted by atomic mass is 10.3. The van der Waals surface area contributed by atoms with Gasteiger partial charge in [-0.05, 0) is 28.1 Å². The first-order chi connectivity index (χ1) is 7.27. The van der Waals surface area contributed by atoms with E-state index in [9.17, 15) is 0 Å². The summed E-state index contributed by atoms with van der Waals surface area (Å²) in [5, 5.41) is 0. The van der Waals surface area contributed by atoms with E-state index in [2.05, 4.69) is 25.9 Å². The van der Waals surface area contributed by atoms with Gasteiger partial charge in [0, 0.05) is 0 Å². The van der Waals surface area contributed by atoms with E-state index in [0.29, 0.717) is 17.3 Å². The van der Waals surface area contributed by atoms with Gasteiger partial charge in [0.2, 0.25) is 5.88 Å². The first-order valence-electron chi connectivity index (χ1n) is 4.25. The van der Waals surface area contributed by atoms with Crippen LogP contribution < -0.4 is 10.5 Å². The van der Waals surface area contributed by atoms with Crippen molar-refractivity contribution in [2.24, 2.45) is 0 Å². The van der Waals surface area contributed by atoms with Crippen molar-refractivity contribution in [1.29, 1.82) is 0 Å². The molecule has 2 N–H and O–H groups in total. The van der Waals surface area contributed by atoms with Gasteiger partial charge in [0.1, 0.15) is 17.8 Å². The fourth-order valence-electron chi connectivity index (χ4n) is 1.05. The third-order valence-electron chi connectivity index (χ3n) is 1.75. The van der Waals surface area contributed by atoms with E-state index in [4.69, 9.17) is 10.5 Å². The van der Waals surface area contributed by atoms with Crippen molar-refractivity contribution in [2.45, 2.75) is 0 Å². The number of anilines is 1. The van der Waals surface area contributed by atoms with Crippen molar-refractivity contribution in [2.75, 3.05) is 5.73 Å². The molecule has 15 heavy (non-hydrogen) atoms. The normalized spacial score (nSPS) is 9.93. The Bertz CT molecular complexity index is 432. The summed E-state index contributed by atoms with van der Waals surface area (Å²) in [4.78, 5) is 7.72. The summed E-state index contributed by atoms with van der Waals surface area (Å²) >= 11 is 3.37. The summed E-state index contributed by atoms with van der Waals surface area (Å²) < 4.78 is 6.37. The molecule has 0 spiro atoms. The van der Waals surface area contributed by atoms with Crippen LogP contribution >= 0.6 is 15.9 Å². The van der Waals surface area contributed by atoms with E-state index in [-0.39, 0.29) is 0 Å². The Morgan fingerprint density at radius 1 is 1.27 bits per heavy atom. The topological polar surface area (TPSA) is 61.0 Å². The molecule has 0 aliphatic heterocycles. The van der Waals surface area contributed by atoms with Gasteiger partial charge in [-0.2, -0.15) is 4.98 Å². The summed E-state index contributed by atoms with van der Waals surface area (Å²) in [7, 11) is 0. The quantitative estimate of drug-likeness (QED) is 0.907. The standard InChI is InChI=1S/C10H8BrN3O/c11-7-3-1-2-4-9(7)15-10-8(12)5-13-6-14-10/h1-6H,12H2. The van der Waals surface area contributed by atoms with E-state index in [1.54, 1.807) is 0 Å². The smallest absolute Gasteiger partial charge is 0.245 e. The molecule has 0 aliphatic carbocycles. The molecule has 0 radical (unpaired) electrons. The molecule has 5 heteroatoms. The molecule has 0 unspecified atom stereocenters. The highest BCUT2D eigenvalue weighted by Crippen LogP contribution is 2.30. The number of halogens is 1. The van der Waals surface area contributed by atoms with Crippen LogP contribution in [0.4, 0.5) is 5.69 Å². The summed E-state index contributed by atoms with van der Waals surface area (Å²) in [6, 6.07) is 7.48. The van der Waals surface area contributed by atoms with Crippen molar-refractivity contribution >= 4 is 21.6 Å². The highest BCUT2D eigenvalue weighted by Gasteiger charge is 2.05. The maximum Gasteiger partial charge on any atom is 0.245 e. The lowest BCUT2D eigenvalue weighted by molar-refractivity contribution is 0.461. The monoisotopic (exact) mass is 265 g/mol. The van der Waals surface area contributed by atoms with Crippen molar-refractivity contribution in [3.8, 4) is 11.6 Å². The van der Waals surface area contributed by atoms with Crippen molar-refractivity contribution in [1.82, 2.24) is 9.97 Å². The first-order valence-corrected chi connectivity index (χ1v) is 5.04. The van der Waals surface area contributed by atoms with Gasteiger partial charge in [-0.15, -0.1) is 0 Å². The van der Waals surface area contributed by atoms with Crippen LogP contribution in [-0.4, -0.2) is 9.97 Å². The predicted molar refractivity (Wildman–Crippen MR) is 60.7 cm³/mol. The van der Waals surface area contributed by atoms with Crippen LogP contribution in [0.15, 0.2) is 41.3 Å². The highest BCUT2D eigenvalue weighted by molar-refractivity contribution is 9.10. The minimum Gasteiger partial charge on any atom is -0.436 e. The molecule has 76 valence electrons. The Morgan fingerprint density at radius 3 is 2.80 bits per heavy atom. The van der Waals surface area contributed by atoms with Crippen molar-refractivity contribution in [3.05, 3.63) is 41.3 Å². The molecular weight excluding hydrogens is 258 g/mol. The van der Waals surface area contributed by atoms with Gasteiger partial charge in [0.15, 0.2) is 0 Å². The lowest BCUT2D eigenvalue weighted by Crippen LogP contribution is -1.95. The average molecular weight is 266 g/mol. The lowest BCUT2D eigenvalue weighted by Gasteiger charge is -2.07.